The van der Waals surface area contributed by atoms with Crippen LogP contribution in [0.4, 0.5) is 0 Å². The van der Waals surface area contributed by atoms with Crippen LogP contribution in [0.15, 0.2) is 109 Å². The van der Waals surface area contributed by atoms with Gasteiger partial charge in [0.1, 0.15) is 24.7 Å². The van der Waals surface area contributed by atoms with Crippen LogP contribution in [0, 0.1) is 5.92 Å². The number of ether oxygens (including phenoxy) is 2. The van der Waals surface area contributed by atoms with Gasteiger partial charge in [-0.1, -0.05) is 132 Å². The van der Waals surface area contributed by atoms with Gasteiger partial charge in [0, 0.05) is 22.1 Å². The normalized spacial score (nSPS) is 14.2. The molecule has 2 N–H and O–H groups in total. The molecule has 0 saturated heterocycles. The van der Waals surface area contributed by atoms with Crippen LogP contribution in [0.5, 0.6) is 11.5 Å². The van der Waals surface area contributed by atoms with Gasteiger partial charge in [0.25, 0.3) is 0 Å². The Morgan fingerprint density at radius 1 is 0.600 bits per heavy atom. The summed E-state index contributed by atoms with van der Waals surface area (Å²) in [6, 6.07) is 36.1. The molecule has 40 heavy (non-hydrogen) atoms. The first kappa shape index (κ1) is 30.1. The first-order valence-corrected chi connectivity index (χ1v) is 16.1. The van der Waals surface area contributed by atoms with Crippen molar-refractivity contribution in [1.29, 1.82) is 0 Å². The minimum Gasteiger partial charge on any atom is -0.490 e. The number of hydrogen-bond donors (Lipinski definition) is 2. The van der Waals surface area contributed by atoms with E-state index in [0.29, 0.717) is 17.4 Å². The lowest BCUT2D eigenvalue weighted by Gasteiger charge is -2.23. The maximum Gasteiger partial charge on any atom is 0.127 e. The molecular weight excluding hydrogens is 537 g/mol. The molecule has 0 heterocycles. The van der Waals surface area contributed by atoms with Gasteiger partial charge in [-0.2, -0.15) is 0 Å². The third kappa shape index (κ3) is 9.07. The van der Waals surface area contributed by atoms with Crippen molar-refractivity contribution in [3.8, 4) is 33.8 Å². The van der Waals surface area contributed by atoms with Crippen LogP contribution in [0.3, 0.4) is 0 Å². The van der Waals surface area contributed by atoms with Gasteiger partial charge in [-0.05, 0) is 35.6 Å². The zero-order chi connectivity index (χ0) is 28.2. The van der Waals surface area contributed by atoms with Gasteiger partial charge in [-0.25, -0.2) is 0 Å². The highest BCUT2D eigenvalue weighted by Crippen LogP contribution is 2.34. The number of hydrogen-bond acceptors (Lipinski definition) is 6. The first-order valence-electron chi connectivity index (χ1n) is 13.7. The van der Waals surface area contributed by atoms with Crippen LogP contribution in [-0.4, -0.2) is 46.6 Å². The van der Waals surface area contributed by atoms with Crippen molar-refractivity contribution >= 4 is 21.6 Å². The zero-order valence-corrected chi connectivity index (χ0v) is 24.7. The maximum absolute atomic E-state index is 10.7. The van der Waals surface area contributed by atoms with Crippen molar-refractivity contribution in [3.05, 3.63) is 109 Å². The van der Waals surface area contributed by atoms with E-state index in [1.807, 2.05) is 84.9 Å². The second-order valence-electron chi connectivity index (χ2n) is 9.95. The summed E-state index contributed by atoms with van der Waals surface area (Å²) >= 11 is 0. The van der Waals surface area contributed by atoms with Crippen LogP contribution in [0.25, 0.3) is 22.3 Å². The van der Waals surface area contributed by atoms with Gasteiger partial charge < -0.3 is 19.7 Å². The number of para-hydroxylation sites is 2. The lowest BCUT2D eigenvalue weighted by Crippen LogP contribution is -2.24. The molecule has 4 nitrogen and oxygen atoms in total. The molecule has 4 aromatic rings. The van der Waals surface area contributed by atoms with Crippen molar-refractivity contribution in [1.82, 2.24) is 0 Å². The zero-order valence-electron chi connectivity index (χ0n) is 23.1. The van der Waals surface area contributed by atoms with Crippen LogP contribution >= 0.6 is 21.6 Å². The predicted molar refractivity (Wildman–Crippen MR) is 170 cm³/mol. The van der Waals surface area contributed by atoms with E-state index in [2.05, 4.69) is 38.1 Å². The van der Waals surface area contributed by atoms with Gasteiger partial charge in [0.05, 0.1) is 12.2 Å². The van der Waals surface area contributed by atoms with Crippen LogP contribution in [0.2, 0.25) is 0 Å². The van der Waals surface area contributed by atoms with E-state index in [-0.39, 0.29) is 19.1 Å². The molecule has 0 saturated carbocycles. The highest BCUT2D eigenvalue weighted by molar-refractivity contribution is 8.76. The average Bonchev–Trinajstić information content (AvgIpc) is 3.00. The van der Waals surface area contributed by atoms with Gasteiger partial charge in [0.15, 0.2) is 0 Å². The number of rotatable bonds is 15. The molecule has 0 aromatic heterocycles. The fourth-order valence-electron chi connectivity index (χ4n) is 4.33. The first-order chi connectivity index (χ1) is 19.5. The van der Waals surface area contributed by atoms with E-state index in [0.717, 1.165) is 33.8 Å². The summed E-state index contributed by atoms with van der Waals surface area (Å²) in [5.41, 5.74) is 4.23. The Balaban J connectivity index is 1.17. The molecule has 4 rings (SSSR count). The summed E-state index contributed by atoms with van der Waals surface area (Å²) < 4.78 is 12.0. The minimum atomic E-state index is -0.576. The van der Waals surface area contributed by atoms with E-state index in [1.165, 1.54) is 0 Å². The van der Waals surface area contributed by atoms with Crippen molar-refractivity contribution in [2.45, 2.75) is 37.7 Å². The Labute approximate surface area is 246 Å². The van der Waals surface area contributed by atoms with Crippen molar-refractivity contribution in [2.24, 2.45) is 5.92 Å². The Hall–Kier alpha value is -2.90. The van der Waals surface area contributed by atoms with E-state index >= 15 is 0 Å². The number of benzene rings is 4. The predicted octanol–water partition coefficient (Wildman–Crippen LogP) is 8.00. The topological polar surface area (TPSA) is 58.9 Å². The van der Waals surface area contributed by atoms with Crippen LogP contribution in [-0.2, 0) is 0 Å². The van der Waals surface area contributed by atoms with E-state index in [4.69, 9.17) is 9.47 Å². The van der Waals surface area contributed by atoms with Gasteiger partial charge >= 0.3 is 0 Å². The second-order valence-corrected chi connectivity index (χ2v) is 12.7. The number of aliphatic hydroxyl groups excluding tert-OH is 2. The molecule has 4 unspecified atom stereocenters. The molecule has 6 heteroatoms. The van der Waals surface area contributed by atoms with E-state index in [9.17, 15) is 10.2 Å². The van der Waals surface area contributed by atoms with E-state index in [1.54, 1.807) is 21.6 Å². The molecule has 0 bridgehead atoms. The quantitative estimate of drug-likeness (QED) is 0.140. The minimum absolute atomic E-state index is 0.238. The fourth-order valence-corrected chi connectivity index (χ4v) is 7.09. The molecule has 0 aliphatic heterocycles. The molecule has 0 spiro atoms. The summed E-state index contributed by atoms with van der Waals surface area (Å²) in [5, 5.41) is 21.5. The molecular formula is C34H38O4S2. The van der Waals surface area contributed by atoms with Gasteiger partial charge in [-0.3, -0.25) is 0 Å². The summed E-state index contributed by atoms with van der Waals surface area (Å²) in [6.45, 7) is 4.81. The van der Waals surface area contributed by atoms with Gasteiger partial charge in [0.2, 0.25) is 0 Å². The lowest BCUT2D eigenvalue weighted by atomic mass is 10.0. The molecule has 4 aromatic carbocycles. The molecule has 210 valence electrons. The maximum atomic E-state index is 10.7. The Bertz CT molecular complexity index is 1290. The molecule has 0 fully saturated rings. The van der Waals surface area contributed by atoms with Crippen molar-refractivity contribution in [2.75, 3.05) is 19.0 Å². The van der Waals surface area contributed by atoms with Gasteiger partial charge in [-0.15, -0.1) is 0 Å². The van der Waals surface area contributed by atoms with Crippen LogP contribution in [0.1, 0.15) is 20.3 Å². The van der Waals surface area contributed by atoms with Crippen molar-refractivity contribution < 1.29 is 19.7 Å². The molecule has 0 radical (unpaired) electrons. The summed E-state index contributed by atoms with van der Waals surface area (Å²) in [6.07, 6.45) is -0.493. The average molecular weight is 575 g/mol. The number of aliphatic hydroxyl groups is 2. The summed E-state index contributed by atoms with van der Waals surface area (Å²) in [4.78, 5) is 0. The molecule has 0 amide bonds. The largest absolute Gasteiger partial charge is 0.490 e. The summed E-state index contributed by atoms with van der Waals surface area (Å²) in [7, 11) is 3.38. The fraction of sp³-hybridized carbons (Fsp3) is 0.294. The highest BCUT2D eigenvalue weighted by Gasteiger charge is 2.19. The Kier molecular flexibility index (Phi) is 11.9. The monoisotopic (exact) mass is 574 g/mol. The smallest absolute Gasteiger partial charge is 0.127 e. The third-order valence-corrected chi connectivity index (χ3v) is 9.88. The SMILES string of the molecule is CC(CC(O)COc1ccccc1-c1ccccc1)C(C)SSCC(O)COc1ccccc1-c1ccccc1. The standard InChI is InChI=1S/C34H38O4S2/c1-25(21-29(35)22-37-33-19-11-9-17-31(33)27-13-5-3-6-14-27)26(2)40-39-24-30(36)23-38-34-20-12-10-18-32(34)28-15-7-4-8-16-28/h3-20,25-26,29-30,35-36H,21-24H2,1-2H3. The third-order valence-electron chi connectivity index (χ3n) is 6.73. The molecule has 0 aliphatic carbocycles. The van der Waals surface area contributed by atoms with E-state index < -0.39 is 12.2 Å². The lowest BCUT2D eigenvalue weighted by molar-refractivity contribution is 0.0875. The highest BCUT2D eigenvalue weighted by atomic mass is 33.1. The summed E-state index contributed by atoms with van der Waals surface area (Å²) in [5.74, 6) is 2.40. The van der Waals surface area contributed by atoms with Crippen LogP contribution < -0.4 is 9.47 Å². The molecule has 0 aliphatic rings. The Morgan fingerprint density at radius 3 is 1.57 bits per heavy atom. The Morgan fingerprint density at radius 2 is 1.05 bits per heavy atom. The second kappa shape index (κ2) is 15.8. The molecule has 4 atom stereocenters. The van der Waals surface area contributed by atoms with Crippen molar-refractivity contribution in [3.63, 3.8) is 0 Å².